The summed E-state index contributed by atoms with van der Waals surface area (Å²) in [5.74, 6) is 0.207. The Bertz CT molecular complexity index is 596. The Labute approximate surface area is 135 Å². The van der Waals surface area contributed by atoms with Crippen LogP contribution in [0.15, 0.2) is 40.9 Å². The molecule has 0 saturated heterocycles. The van der Waals surface area contributed by atoms with Crippen molar-refractivity contribution in [2.75, 3.05) is 7.11 Å². The molecule has 1 nitrogen and oxygen atoms in total. The van der Waals surface area contributed by atoms with Gasteiger partial charge in [0.05, 0.1) is 16.4 Å². The first-order valence-corrected chi connectivity index (χ1v) is 8.03. The van der Waals surface area contributed by atoms with Gasteiger partial charge >= 0.3 is 0 Å². The fraction of sp³-hybridized carbons (Fsp3) is 0.250. The molecule has 1 atom stereocenters. The fourth-order valence-corrected chi connectivity index (χ4v) is 3.04. The third-order valence-electron chi connectivity index (χ3n) is 3.23. The summed E-state index contributed by atoms with van der Waals surface area (Å²) in [5, 5.41) is 0. The SMILES string of the molecule is CCc1ccc(C(Br)c2cc(Br)c(F)cc2OC)cc1. The monoisotopic (exact) mass is 400 g/mol. The van der Waals surface area contributed by atoms with Crippen LogP contribution in [0.3, 0.4) is 0 Å². The molecule has 1 unspecified atom stereocenters. The summed E-state index contributed by atoms with van der Waals surface area (Å²) in [5.41, 5.74) is 3.30. The third-order valence-corrected chi connectivity index (χ3v) is 4.86. The van der Waals surface area contributed by atoms with Crippen molar-refractivity contribution >= 4 is 31.9 Å². The lowest BCUT2D eigenvalue weighted by molar-refractivity contribution is 0.406. The van der Waals surface area contributed by atoms with Crippen molar-refractivity contribution in [1.82, 2.24) is 0 Å². The van der Waals surface area contributed by atoms with E-state index >= 15 is 0 Å². The zero-order valence-electron chi connectivity index (χ0n) is 11.3. The molecule has 20 heavy (non-hydrogen) atoms. The van der Waals surface area contributed by atoms with E-state index in [4.69, 9.17) is 4.74 Å². The minimum Gasteiger partial charge on any atom is -0.496 e. The Morgan fingerprint density at radius 2 is 1.85 bits per heavy atom. The van der Waals surface area contributed by atoms with E-state index in [0.29, 0.717) is 10.2 Å². The molecule has 0 aliphatic rings. The maximum Gasteiger partial charge on any atom is 0.141 e. The lowest BCUT2D eigenvalue weighted by Crippen LogP contribution is -1.99. The lowest BCUT2D eigenvalue weighted by Gasteiger charge is -2.16. The molecule has 2 rings (SSSR count). The molecule has 0 saturated carbocycles. The first-order valence-electron chi connectivity index (χ1n) is 6.32. The number of aryl methyl sites for hydroxylation is 1. The van der Waals surface area contributed by atoms with E-state index in [1.807, 2.05) is 0 Å². The van der Waals surface area contributed by atoms with E-state index in [0.717, 1.165) is 17.5 Å². The highest BCUT2D eigenvalue weighted by Gasteiger charge is 2.17. The van der Waals surface area contributed by atoms with Crippen molar-refractivity contribution in [1.29, 1.82) is 0 Å². The average Bonchev–Trinajstić information content (AvgIpc) is 2.49. The fourth-order valence-electron chi connectivity index (χ4n) is 2.02. The molecule has 0 bridgehead atoms. The molecular weight excluding hydrogens is 387 g/mol. The molecule has 0 heterocycles. The maximum absolute atomic E-state index is 13.6. The normalized spacial score (nSPS) is 12.2. The second kappa shape index (κ2) is 6.72. The van der Waals surface area contributed by atoms with Crippen molar-refractivity contribution in [3.8, 4) is 5.75 Å². The molecule has 0 radical (unpaired) electrons. The van der Waals surface area contributed by atoms with Crippen LogP contribution >= 0.6 is 31.9 Å². The van der Waals surface area contributed by atoms with E-state index in [2.05, 4.69) is 63.0 Å². The van der Waals surface area contributed by atoms with E-state index in [1.54, 1.807) is 13.2 Å². The summed E-state index contributed by atoms with van der Waals surface area (Å²) in [6.45, 7) is 2.13. The molecule has 0 aromatic heterocycles. The second-order valence-electron chi connectivity index (χ2n) is 4.47. The predicted molar refractivity (Wildman–Crippen MR) is 87.2 cm³/mol. The van der Waals surface area contributed by atoms with Gasteiger partial charge in [0.15, 0.2) is 0 Å². The number of alkyl halides is 1. The highest BCUT2D eigenvalue weighted by atomic mass is 79.9. The summed E-state index contributed by atoms with van der Waals surface area (Å²) in [4.78, 5) is -0.0414. The number of benzene rings is 2. The van der Waals surface area contributed by atoms with E-state index in [1.165, 1.54) is 11.6 Å². The van der Waals surface area contributed by atoms with E-state index < -0.39 is 0 Å². The summed E-state index contributed by atoms with van der Waals surface area (Å²) in [6, 6.07) is 11.5. The molecule has 2 aromatic carbocycles. The van der Waals surface area contributed by atoms with Crippen molar-refractivity contribution in [3.05, 3.63) is 63.4 Å². The maximum atomic E-state index is 13.6. The van der Waals surface area contributed by atoms with Crippen molar-refractivity contribution in [2.24, 2.45) is 0 Å². The summed E-state index contributed by atoms with van der Waals surface area (Å²) in [6.07, 6.45) is 1.01. The highest BCUT2D eigenvalue weighted by Crippen LogP contribution is 2.39. The van der Waals surface area contributed by atoms with Gasteiger partial charge in [-0.2, -0.15) is 0 Å². The Morgan fingerprint density at radius 3 is 2.40 bits per heavy atom. The molecule has 0 fully saturated rings. The Balaban J connectivity index is 2.41. The van der Waals surface area contributed by atoms with Crippen LogP contribution in [0.2, 0.25) is 0 Å². The van der Waals surface area contributed by atoms with Crippen LogP contribution in [0, 0.1) is 5.82 Å². The van der Waals surface area contributed by atoms with Gasteiger partial charge in [0.2, 0.25) is 0 Å². The van der Waals surface area contributed by atoms with Crippen molar-refractivity contribution in [2.45, 2.75) is 18.2 Å². The largest absolute Gasteiger partial charge is 0.496 e. The van der Waals surface area contributed by atoms with Gasteiger partial charge in [0, 0.05) is 11.6 Å². The number of rotatable bonds is 4. The molecule has 0 aliphatic carbocycles. The smallest absolute Gasteiger partial charge is 0.141 e. The van der Waals surface area contributed by atoms with Crippen LogP contribution in [-0.4, -0.2) is 7.11 Å². The number of ether oxygens (including phenoxy) is 1. The van der Waals surface area contributed by atoms with Gasteiger partial charge in [-0.1, -0.05) is 47.1 Å². The number of hydrogen-bond acceptors (Lipinski definition) is 1. The van der Waals surface area contributed by atoms with Gasteiger partial charge in [0.1, 0.15) is 11.6 Å². The number of halogens is 3. The molecule has 0 N–H and O–H groups in total. The Kier molecular flexibility index (Phi) is 5.22. The zero-order chi connectivity index (χ0) is 14.7. The van der Waals surface area contributed by atoms with Gasteiger partial charge < -0.3 is 4.74 Å². The molecule has 0 spiro atoms. The molecule has 2 aromatic rings. The molecule has 106 valence electrons. The van der Waals surface area contributed by atoms with Gasteiger partial charge in [-0.15, -0.1) is 0 Å². The first-order chi connectivity index (χ1) is 9.56. The molecular formula is C16H15Br2FO. The van der Waals surface area contributed by atoms with Crippen LogP contribution in [-0.2, 0) is 6.42 Å². The van der Waals surface area contributed by atoms with E-state index in [-0.39, 0.29) is 10.6 Å². The molecule has 4 heteroatoms. The Hall–Kier alpha value is -0.870. The quantitative estimate of drug-likeness (QED) is 0.602. The zero-order valence-corrected chi connectivity index (χ0v) is 14.5. The first kappa shape index (κ1) is 15.5. The summed E-state index contributed by atoms with van der Waals surface area (Å²) >= 11 is 6.89. The Morgan fingerprint density at radius 1 is 1.20 bits per heavy atom. The minimum absolute atomic E-state index is 0.0414. The van der Waals surface area contributed by atoms with Gasteiger partial charge in [0.25, 0.3) is 0 Å². The number of methoxy groups -OCH3 is 1. The molecule has 0 aliphatic heterocycles. The standard InChI is InChI=1S/C16H15Br2FO/c1-3-10-4-6-11(7-5-10)16(18)12-8-13(17)14(19)9-15(12)20-2/h4-9,16H,3H2,1-2H3. The van der Waals surface area contributed by atoms with Gasteiger partial charge in [-0.05, 0) is 39.5 Å². The second-order valence-corrected chi connectivity index (χ2v) is 6.24. The predicted octanol–water partition coefficient (Wildman–Crippen LogP) is 5.64. The summed E-state index contributed by atoms with van der Waals surface area (Å²) in [7, 11) is 1.55. The highest BCUT2D eigenvalue weighted by molar-refractivity contribution is 9.10. The van der Waals surface area contributed by atoms with Crippen LogP contribution in [0.1, 0.15) is 28.4 Å². The van der Waals surface area contributed by atoms with Crippen LogP contribution in [0.4, 0.5) is 4.39 Å². The topological polar surface area (TPSA) is 9.23 Å². The van der Waals surface area contributed by atoms with Crippen LogP contribution in [0.25, 0.3) is 0 Å². The minimum atomic E-state index is -0.327. The van der Waals surface area contributed by atoms with Crippen LogP contribution in [0.5, 0.6) is 5.75 Å². The summed E-state index contributed by atoms with van der Waals surface area (Å²) < 4.78 is 19.3. The van der Waals surface area contributed by atoms with E-state index in [9.17, 15) is 4.39 Å². The lowest BCUT2D eigenvalue weighted by atomic mass is 10.0. The average molecular weight is 402 g/mol. The molecule has 0 amide bonds. The van der Waals surface area contributed by atoms with Gasteiger partial charge in [-0.3, -0.25) is 0 Å². The van der Waals surface area contributed by atoms with Crippen molar-refractivity contribution < 1.29 is 9.13 Å². The third kappa shape index (κ3) is 3.23. The van der Waals surface area contributed by atoms with Crippen molar-refractivity contribution in [3.63, 3.8) is 0 Å². The van der Waals surface area contributed by atoms with Gasteiger partial charge in [-0.25, -0.2) is 4.39 Å². The van der Waals surface area contributed by atoms with Crippen LogP contribution < -0.4 is 4.74 Å². The number of hydrogen-bond donors (Lipinski definition) is 0.